The maximum absolute atomic E-state index is 9.31. The molecule has 0 aromatic carbocycles. The van der Waals surface area contributed by atoms with E-state index >= 15 is 0 Å². The fourth-order valence-electron chi connectivity index (χ4n) is 2.78. The number of thiophene rings is 1. The zero-order valence-electron chi connectivity index (χ0n) is 12.1. The van der Waals surface area contributed by atoms with Crippen molar-refractivity contribution >= 4 is 22.0 Å². The van der Waals surface area contributed by atoms with Crippen LogP contribution in [0.25, 0.3) is 0 Å². The van der Waals surface area contributed by atoms with Crippen molar-refractivity contribution in [3.63, 3.8) is 0 Å². The number of morpholine rings is 1. The normalized spacial score (nSPS) is 20.2. The predicted molar refractivity (Wildman–Crippen MR) is 79.6 cm³/mol. The number of nitrogens with two attached hydrogens (primary N) is 1. The lowest BCUT2D eigenvalue weighted by Gasteiger charge is -2.47. The van der Waals surface area contributed by atoms with Crippen LogP contribution in [-0.2, 0) is 4.74 Å². The van der Waals surface area contributed by atoms with Gasteiger partial charge in [0.25, 0.3) is 0 Å². The van der Waals surface area contributed by atoms with Gasteiger partial charge in [0.1, 0.15) is 27.6 Å². The van der Waals surface area contributed by atoms with Crippen LogP contribution in [0.1, 0.15) is 38.1 Å². The average molecular weight is 290 g/mol. The summed E-state index contributed by atoms with van der Waals surface area (Å²) in [6, 6.07) is 4.18. The molecule has 106 valence electrons. The molecule has 5 nitrogen and oxygen atoms in total. The molecule has 6 heteroatoms. The zero-order chi connectivity index (χ0) is 15.1. The van der Waals surface area contributed by atoms with Gasteiger partial charge in [-0.1, -0.05) is 0 Å². The van der Waals surface area contributed by atoms with E-state index in [2.05, 4.69) is 17.0 Å². The Labute approximate surface area is 123 Å². The Hall–Kier alpha value is -1.76. The van der Waals surface area contributed by atoms with Crippen molar-refractivity contribution in [3.05, 3.63) is 10.4 Å². The lowest BCUT2D eigenvalue weighted by Crippen LogP contribution is -2.57. The molecule has 0 radical (unpaired) electrons. The van der Waals surface area contributed by atoms with Crippen molar-refractivity contribution in [3.8, 4) is 12.1 Å². The summed E-state index contributed by atoms with van der Waals surface area (Å²) in [5.41, 5.74) is 5.93. The molecule has 0 unspecified atom stereocenters. The Morgan fingerprint density at radius 3 is 2.15 bits per heavy atom. The molecule has 1 aromatic rings. The maximum atomic E-state index is 9.31. The highest BCUT2D eigenvalue weighted by molar-refractivity contribution is 7.17. The fraction of sp³-hybridized carbons (Fsp3) is 0.571. The van der Waals surface area contributed by atoms with Crippen molar-refractivity contribution in [1.29, 1.82) is 10.5 Å². The van der Waals surface area contributed by atoms with Crippen LogP contribution in [0.15, 0.2) is 0 Å². The average Bonchev–Trinajstić information content (AvgIpc) is 2.61. The number of hydrogen-bond donors (Lipinski definition) is 1. The summed E-state index contributed by atoms with van der Waals surface area (Å²) in [6.07, 6.45) is 0. The van der Waals surface area contributed by atoms with Crippen molar-refractivity contribution in [2.45, 2.75) is 38.9 Å². The van der Waals surface area contributed by atoms with Crippen LogP contribution < -0.4 is 10.6 Å². The topological polar surface area (TPSA) is 86.1 Å². The molecule has 0 atom stereocenters. The molecule has 1 aromatic heterocycles. The van der Waals surface area contributed by atoms with E-state index in [4.69, 9.17) is 15.7 Å². The summed E-state index contributed by atoms with van der Waals surface area (Å²) < 4.78 is 6.03. The molecule has 0 spiro atoms. The Kier molecular flexibility index (Phi) is 3.41. The van der Waals surface area contributed by atoms with E-state index < -0.39 is 0 Å². The Morgan fingerprint density at radius 2 is 1.70 bits per heavy atom. The molecular formula is C14H18N4OS. The predicted octanol–water partition coefficient (Wildman–Crippen LogP) is 2.47. The summed E-state index contributed by atoms with van der Waals surface area (Å²) in [4.78, 5) is 2.50. The SMILES string of the molecule is CC1(C)CN(c2sc(C#N)c(N)c2C#N)CC(C)(C)O1. The molecule has 1 aliphatic rings. The molecule has 20 heavy (non-hydrogen) atoms. The fourth-order valence-corrected chi connectivity index (χ4v) is 3.74. The van der Waals surface area contributed by atoms with Crippen molar-refractivity contribution in [2.24, 2.45) is 0 Å². The molecule has 0 amide bonds. The molecule has 0 bridgehead atoms. The van der Waals surface area contributed by atoms with E-state index in [9.17, 15) is 5.26 Å². The first-order chi connectivity index (χ1) is 9.19. The molecule has 2 heterocycles. The quantitative estimate of drug-likeness (QED) is 0.858. The van der Waals surface area contributed by atoms with Crippen molar-refractivity contribution in [2.75, 3.05) is 23.7 Å². The third-order valence-electron chi connectivity index (χ3n) is 3.12. The van der Waals surface area contributed by atoms with Crippen LogP contribution in [0, 0.1) is 22.7 Å². The van der Waals surface area contributed by atoms with Gasteiger partial charge in [-0.2, -0.15) is 10.5 Å². The van der Waals surface area contributed by atoms with Crippen molar-refractivity contribution < 1.29 is 4.74 Å². The largest absolute Gasteiger partial charge is 0.396 e. The smallest absolute Gasteiger partial charge is 0.131 e. The minimum absolute atomic E-state index is 0.289. The molecule has 1 aliphatic heterocycles. The first kappa shape index (κ1) is 14.6. The van der Waals surface area contributed by atoms with E-state index in [1.54, 1.807) is 0 Å². The monoisotopic (exact) mass is 290 g/mol. The van der Waals surface area contributed by atoms with Crippen LogP contribution in [0.3, 0.4) is 0 Å². The minimum atomic E-state index is -0.319. The number of nitrogen functional groups attached to an aromatic ring is 1. The second-order valence-electron chi connectivity index (χ2n) is 6.23. The first-order valence-electron chi connectivity index (χ1n) is 6.37. The highest BCUT2D eigenvalue weighted by atomic mass is 32.1. The Balaban J connectivity index is 2.47. The zero-order valence-corrected chi connectivity index (χ0v) is 13.0. The summed E-state index contributed by atoms with van der Waals surface area (Å²) in [6.45, 7) is 9.42. The lowest BCUT2D eigenvalue weighted by molar-refractivity contribution is -0.132. The molecule has 2 rings (SSSR count). The van der Waals surface area contributed by atoms with Crippen LogP contribution >= 0.6 is 11.3 Å². The Bertz CT molecular complexity index is 602. The summed E-state index contributed by atoms with van der Waals surface area (Å²) in [5.74, 6) is 0. The third-order valence-corrected chi connectivity index (χ3v) is 4.29. The first-order valence-corrected chi connectivity index (χ1v) is 7.18. The van der Waals surface area contributed by atoms with Gasteiger partial charge in [0.05, 0.1) is 16.9 Å². The lowest BCUT2D eigenvalue weighted by atomic mass is 9.99. The number of rotatable bonds is 1. The number of anilines is 2. The van der Waals surface area contributed by atoms with Gasteiger partial charge in [-0.25, -0.2) is 0 Å². The number of nitriles is 2. The number of ether oxygens (including phenoxy) is 1. The van der Waals surface area contributed by atoms with E-state index in [1.165, 1.54) is 11.3 Å². The third kappa shape index (κ3) is 2.58. The van der Waals surface area contributed by atoms with E-state index in [1.807, 2.05) is 27.7 Å². The van der Waals surface area contributed by atoms with Crippen LogP contribution in [0.2, 0.25) is 0 Å². The standard InChI is InChI=1S/C14H18N4OS/c1-13(2)7-18(8-14(3,4)19-13)12-9(5-15)11(17)10(6-16)20-12/h7-8,17H2,1-4H3. The van der Waals surface area contributed by atoms with E-state index in [0.717, 1.165) is 5.00 Å². The van der Waals surface area contributed by atoms with Gasteiger partial charge >= 0.3 is 0 Å². The maximum Gasteiger partial charge on any atom is 0.131 e. The van der Waals surface area contributed by atoms with Gasteiger partial charge in [-0.15, -0.1) is 11.3 Å². The molecule has 1 fully saturated rings. The second kappa shape index (κ2) is 4.66. The summed E-state index contributed by atoms with van der Waals surface area (Å²) in [5, 5.41) is 19.2. The van der Waals surface area contributed by atoms with Gasteiger partial charge < -0.3 is 15.4 Å². The van der Waals surface area contributed by atoms with Gasteiger partial charge in [0.15, 0.2) is 0 Å². The van der Waals surface area contributed by atoms with E-state index in [-0.39, 0.29) is 16.9 Å². The van der Waals surface area contributed by atoms with Gasteiger partial charge in [0.2, 0.25) is 0 Å². The molecule has 0 saturated carbocycles. The summed E-state index contributed by atoms with van der Waals surface area (Å²) in [7, 11) is 0. The summed E-state index contributed by atoms with van der Waals surface area (Å²) >= 11 is 1.28. The molecular weight excluding hydrogens is 272 g/mol. The highest BCUT2D eigenvalue weighted by Gasteiger charge is 2.39. The Morgan fingerprint density at radius 1 is 1.15 bits per heavy atom. The van der Waals surface area contributed by atoms with Gasteiger partial charge in [0, 0.05) is 13.1 Å². The van der Waals surface area contributed by atoms with Crippen LogP contribution in [0.4, 0.5) is 10.7 Å². The van der Waals surface area contributed by atoms with Gasteiger partial charge in [-0.05, 0) is 27.7 Å². The van der Waals surface area contributed by atoms with Crippen LogP contribution in [-0.4, -0.2) is 24.3 Å². The molecule has 0 aliphatic carbocycles. The molecule has 2 N–H and O–H groups in total. The minimum Gasteiger partial charge on any atom is -0.396 e. The highest BCUT2D eigenvalue weighted by Crippen LogP contribution is 2.41. The van der Waals surface area contributed by atoms with E-state index in [0.29, 0.717) is 23.5 Å². The molecule has 1 saturated heterocycles. The van der Waals surface area contributed by atoms with Gasteiger partial charge in [-0.3, -0.25) is 0 Å². The number of hydrogen-bond acceptors (Lipinski definition) is 6. The van der Waals surface area contributed by atoms with Crippen molar-refractivity contribution in [1.82, 2.24) is 0 Å². The second-order valence-corrected chi connectivity index (χ2v) is 7.23. The van der Waals surface area contributed by atoms with Crippen LogP contribution in [0.5, 0.6) is 0 Å². The number of nitrogens with zero attached hydrogens (tertiary/aromatic N) is 3.